The summed E-state index contributed by atoms with van der Waals surface area (Å²) >= 11 is 1.40. The van der Waals surface area contributed by atoms with Crippen molar-refractivity contribution in [3.05, 3.63) is 30.4 Å². The fourth-order valence-electron chi connectivity index (χ4n) is 1.27. The number of nitrogens with zero attached hydrogens (tertiary/aromatic N) is 4. The van der Waals surface area contributed by atoms with Crippen molar-refractivity contribution in [1.29, 1.82) is 0 Å². The molecule has 17 heavy (non-hydrogen) atoms. The highest BCUT2D eigenvalue weighted by molar-refractivity contribution is 7.98. The Morgan fingerprint density at radius 2 is 2.12 bits per heavy atom. The minimum absolute atomic E-state index is 0.240. The molecule has 2 rings (SSSR count). The Hall–Kier alpha value is -1.89. The summed E-state index contributed by atoms with van der Waals surface area (Å²) < 4.78 is 6.27. The molecule has 0 bridgehead atoms. The van der Waals surface area contributed by atoms with E-state index in [-0.39, 0.29) is 5.69 Å². The molecule has 0 unspecified atom stereocenters. The molecule has 2 aromatic rings. The monoisotopic (exact) mass is 250 g/mol. The Labute approximate surface area is 102 Å². The quantitative estimate of drug-likeness (QED) is 0.601. The van der Waals surface area contributed by atoms with E-state index < -0.39 is 5.97 Å². The van der Waals surface area contributed by atoms with Crippen LogP contribution in [-0.2, 0) is 4.74 Å². The predicted molar refractivity (Wildman–Crippen MR) is 62.3 cm³/mol. The van der Waals surface area contributed by atoms with Gasteiger partial charge in [-0.3, -0.25) is 4.57 Å². The lowest BCUT2D eigenvalue weighted by atomic mass is 10.5. The largest absolute Gasteiger partial charge is 0.464 e. The second kappa shape index (κ2) is 4.96. The van der Waals surface area contributed by atoms with E-state index >= 15 is 0 Å². The summed E-state index contributed by atoms with van der Waals surface area (Å²) in [5.74, 6) is -0.00511. The number of ether oxygens (including phenoxy) is 1. The van der Waals surface area contributed by atoms with Crippen LogP contribution in [0.1, 0.15) is 10.5 Å². The highest BCUT2D eigenvalue weighted by Crippen LogP contribution is 2.17. The van der Waals surface area contributed by atoms with Gasteiger partial charge >= 0.3 is 5.97 Å². The number of rotatable bonds is 3. The van der Waals surface area contributed by atoms with E-state index in [1.807, 2.05) is 6.26 Å². The SMILES string of the molecule is COC(=O)c1cn(-c2ncccn2)c(SC)n1. The first-order valence-corrected chi connectivity index (χ1v) is 5.98. The van der Waals surface area contributed by atoms with Gasteiger partial charge in [-0.15, -0.1) is 0 Å². The molecule has 0 aromatic carbocycles. The maximum absolute atomic E-state index is 11.4. The molecular formula is C10H10N4O2S. The molecule has 2 aromatic heterocycles. The third kappa shape index (κ3) is 2.28. The van der Waals surface area contributed by atoms with Gasteiger partial charge in [0.15, 0.2) is 10.9 Å². The van der Waals surface area contributed by atoms with Crippen molar-refractivity contribution in [2.45, 2.75) is 5.16 Å². The number of hydrogen-bond donors (Lipinski definition) is 0. The molecule has 0 aliphatic carbocycles. The molecule has 0 N–H and O–H groups in total. The molecular weight excluding hydrogens is 240 g/mol. The standard InChI is InChI=1S/C10H10N4O2S/c1-16-8(15)7-6-14(10(13-7)17-2)9-11-4-3-5-12-9/h3-6H,1-2H3. The fourth-order valence-corrected chi connectivity index (χ4v) is 1.79. The smallest absolute Gasteiger partial charge is 0.358 e. The zero-order chi connectivity index (χ0) is 12.3. The molecule has 0 atom stereocenters. The first kappa shape index (κ1) is 11.6. The predicted octanol–water partition coefficient (Wildman–Crippen LogP) is 1.17. The Kier molecular flexibility index (Phi) is 3.38. The number of thioether (sulfide) groups is 1. The van der Waals surface area contributed by atoms with Gasteiger partial charge in [-0.2, -0.15) is 0 Å². The summed E-state index contributed by atoms with van der Waals surface area (Å²) in [4.78, 5) is 23.7. The number of aromatic nitrogens is 4. The Morgan fingerprint density at radius 3 is 2.71 bits per heavy atom. The summed E-state index contributed by atoms with van der Waals surface area (Å²) in [7, 11) is 1.32. The number of carbonyl (C=O) groups excluding carboxylic acids is 1. The van der Waals surface area contributed by atoms with Crippen molar-refractivity contribution in [2.75, 3.05) is 13.4 Å². The van der Waals surface area contributed by atoms with Crippen molar-refractivity contribution in [2.24, 2.45) is 0 Å². The average Bonchev–Trinajstić information content (AvgIpc) is 2.83. The summed E-state index contributed by atoms with van der Waals surface area (Å²) in [5, 5.41) is 0.636. The van der Waals surface area contributed by atoms with Crippen molar-refractivity contribution in [1.82, 2.24) is 19.5 Å². The van der Waals surface area contributed by atoms with Gasteiger partial charge in [-0.1, -0.05) is 11.8 Å². The zero-order valence-corrected chi connectivity index (χ0v) is 10.1. The number of hydrogen-bond acceptors (Lipinski definition) is 6. The summed E-state index contributed by atoms with van der Waals surface area (Å²) in [6, 6.07) is 1.72. The Bertz CT molecular complexity index is 526. The molecule has 0 aliphatic rings. The minimum Gasteiger partial charge on any atom is -0.464 e. The van der Waals surface area contributed by atoms with Crippen molar-refractivity contribution < 1.29 is 9.53 Å². The fraction of sp³-hybridized carbons (Fsp3) is 0.200. The van der Waals surface area contributed by atoms with Crippen LogP contribution in [0.5, 0.6) is 0 Å². The molecule has 0 aliphatic heterocycles. The summed E-state index contributed by atoms with van der Waals surface area (Å²) in [6.07, 6.45) is 6.68. The minimum atomic E-state index is -0.477. The lowest BCUT2D eigenvalue weighted by molar-refractivity contribution is 0.0594. The van der Waals surface area contributed by atoms with Crippen molar-refractivity contribution >= 4 is 17.7 Å². The van der Waals surface area contributed by atoms with Gasteiger partial charge in [0, 0.05) is 18.6 Å². The average molecular weight is 250 g/mol. The zero-order valence-electron chi connectivity index (χ0n) is 9.32. The van der Waals surface area contributed by atoms with Gasteiger partial charge in [0.1, 0.15) is 0 Å². The van der Waals surface area contributed by atoms with Gasteiger partial charge in [-0.25, -0.2) is 19.7 Å². The molecule has 0 saturated heterocycles. The third-order valence-electron chi connectivity index (χ3n) is 2.02. The third-order valence-corrected chi connectivity index (χ3v) is 2.67. The second-order valence-electron chi connectivity index (χ2n) is 3.02. The highest BCUT2D eigenvalue weighted by Gasteiger charge is 2.15. The van der Waals surface area contributed by atoms with Crippen LogP contribution in [0.4, 0.5) is 0 Å². The maximum atomic E-state index is 11.4. The highest BCUT2D eigenvalue weighted by atomic mass is 32.2. The van der Waals surface area contributed by atoms with E-state index in [2.05, 4.69) is 19.7 Å². The molecule has 0 amide bonds. The van der Waals surface area contributed by atoms with E-state index in [0.29, 0.717) is 11.1 Å². The van der Waals surface area contributed by atoms with Crippen LogP contribution in [0, 0.1) is 0 Å². The van der Waals surface area contributed by atoms with Crippen LogP contribution >= 0.6 is 11.8 Å². The first-order chi connectivity index (χ1) is 8.26. The molecule has 0 spiro atoms. The molecule has 0 saturated carbocycles. The van der Waals surface area contributed by atoms with E-state index in [0.717, 1.165) is 0 Å². The Balaban J connectivity index is 2.47. The van der Waals surface area contributed by atoms with E-state index in [9.17, 15) is 4.79 Å². The normalized spacial score (nSPS) is 10.2. The number of methoxy groups -OCH3 is 1. The number of carbonyl (C=O) groups is 1. The van der Waals surface area contributed by atoms with Crippen LogP contribution in [0.2, 0.25) is 0 Å². The lowest BCUT2D eigenvalue weighted by Crippen LogP contribution is -2.01. The van der Waals surface area contributed by atoms with Crippen molar-refractivity contribution in [3.63, 3.8) is 0 Å². The van der Waals surface area contributed by atoms with E-state index in [4.69, 9.17) is 0 Å². The number of imidazole rings is 1. The Morgan fingerprint density at radius 1 is 1.41 bits per heavy atom. The summed E-state index contributed by atoms with van der Waals surface area (Å²) in [6.45, 7) is 0. The molecule has 2 heterocycles. The maximum Gasteiger partial charge on any atom is 0.358 e. The van der Waals surface area contributed by atoms with E-state index in [1.165, 1.54) is 18.9 Å². The molecule has 0 fully saturated rings. The van der Waals surface area contributed by atoms with Crippen LogP contribution in [0.25, 0.3) is 5.95 Å². The molecule has 0 radical (unpaired) electrons. The van der Waals surface area contributed by atoms with Crippen LogP contribution in [-0.4, -0.2) is 38.9 Å². The van der Waals surface area contributed by atoms with Crippen LogP contribution in [0.15, 0.2) is 29.8 Å². The molecule has 88 valence electrons. The number of esters is 1. The first-order valence-electron chi connectivity index (χ1n) is 4.75. The van der Waals surface area contributed by atoms with Crippen LogP contribution in [0.3, 0.4) is 0 Å². The van der Waals surface area contributed by atoms with Crippen LogP contribution < -0.4 is 0 Å². The lowest BCUT2D eigenvalue weighted by Gasteiger charge is -2.01. The van der Waals surface area contributed by atoms with Gasteiger partial charge < -0.3 is 4.74 Å². The van der Waals surface area contributed by atoms with Gasteiger partial charge in [-0.05, 0) is 12.3 Å². The van der Waals surface area contributed by atoms with E-state index in [1.54, 1.807) is 29.2 Å². The second-order valence-corrected chi connectivity index (χ2v) is 3.80. The van der Waals surface area contributed by atoms with Crippen molar-refractivity contribution in [3.8, 4) is 5.95 Å². The molecule has 6 nitrogen and oxygen atoms in total. The molecule has 7 heteroatoms. The topological polar surface area (TPSA) is 69.9 Å². The van der Waals surface area contributed by atoms with Gasteiger partial charge in [0.2, 0.25) is 5.95 Å². The summed E-state index contributed by atoms with van der Waals surface area (Å²) in [5.41, 5.74) is 0.240. The van der Waals surface area contributed by atoms with Gasteiger partial charge in [0.25, 0.3) is 0 Å². The van der Waals surface area contributed by atoms with Gasteiger partial charge in [0.05, 0.1) is 7.11 Å².